The van der Waals surface area contributed by atoms with E-state index >= 15 is 0 Å². The summed E-state index contributed by atoms with van der Waals surface area (Å²) >= 11 is 1.56. The van der Waals surface area contributed by atoms with E-state index in [1.165, 1.54) is 6.92 Å². The zero-order valence-corrected chi connectivity index (χ0v) is 16.7. The molecule has 0 bridgehead atoms. The molecule has 1 heterocycles. The summed E-state index contributed by atoms with van der Waals surface area (Å²) in [6.45, 7) is 3.50. The molecular formula is C23H22N2O2S. The fourth-order valence-corrected chi connectivity index (χ4v) is 3.53. The topological polar surface area (TPSA) is 58.2 Å². The molecule has 0 atom stereocenters. The minimum atomic E-state index is -0.0645. The van der Waals surface area contributed by atoms with Crippen LogP contribution in [0, 0.1) is 6.92 Å². The second-order valence-electron chi connectivity index (χ2n) is 6.49. The van der Waals surface area contributed by atoms with Gasteiger partial charge in [-0.2, -0.15) is 0 Å². The van der Waals surface area contributed by atoms with Crippen LogP contribution in [-0.2, 0) is 16.0 Å². The maximum absolute atomic E-state index is 12.3. The Morgan fingerprint density at radius 2 is 1.75 bits per heavy atom. The Morgan fingerprint density at radius 3 is 2.43 bits per heavy atom. The van der Waals surface area contributed by atoms with Crippen molar-refractivity contribution in [2.24, 2.45) is 0 Å². The van der Waals surface area contributed by atoms with Gasteiger partial charge in [-0.25, -0.2) is 0 Å². The number of ketones is 1. The molecule has 0 unspecified atom stereocenters. The van der Waals surface area contributed by atoms with Gasteiger partial charge in [-0.05, 0) is 55.1 Å². The maximum atomic E-state index is 12.3. The molecule has 2 aromatic carbocycles. The summed E-state index contributed by atoms with van der Waals surface area (Å²) in [5.41, 5.74) is 4.17. The zero-order chi connectivity index (χ0) is 19.9. The lowest BCUT2D eigenvalue weighted by Gasteiger charge is -2.15. The number of anilines is 2. The van der Waals surface area contributed by atoms with E-state index in [0.29, 0.717) is 17.8 Å². The predicted octanol–water partition coefficient (Wildman–Crippen LogP) is 5.28. The van der Waals surface area contributed by atoms with Crippen LogP contribution in [0.1, 0.15) is 22.9 Å². The first kappa shape index (κ1) is 19.6. The number of hydrogen-bond donors (Lipinski definition) is 2. The number of thiophene rings is 1. The first-order valence-electron chi connectivity index (χ1n) is 8.99. The molecule has 142 valence electrons. The Bertz CT molecular complexity index is 993. The van der Waals surface area contributed by atoms with E-state index in [-0.39, 0.29) is 11.7 Å². The molecule has 28 heavy (non-hydrogen) atoms. The van der Waals surface area contributed by atoms with Gasteiger partial charge in [0.2, 0.25) is 5.91 Å². The number of carbonyl (C=O) groups excluding carboxylic acids is 2. The first-order chi connectivity index (χ1) is 13.5. The average Bonchev–Trinajstić information content (AvgIpc) is 3.16. The summed E-state index contributed by atoms with van der Waals surface area (Å²) in [7, 11) is 0. The maximum Gasteiger partial charge on any atom is 0.229 e. The largest absolute Gasteiger partial charge is 0.355 e. The molecule has 0 aliphatic carbocycles. The minimum Gasteiger partial charge on any atom is -0.355 e. The van der Waals surface area contributed by atoms with E-state index in [1.54, 1.807) is 17.4 Å². The summed E-state index contributed by atoms with van der Waals surface area (Å²) in [4.78, 5) is 25.1. The molecular weight excluding hydrogens is 368 g/mol. The lowest BCUT2D eigenvalue weighted by atomic mass is 10.0. The predicted molar refractivity (Wildman–Crippen MR) is 117 cm³/mol. The van der Waals surface area contributed by atoms with Gasteiger partial charge in [0.05, 0.1) is 6.42 Å². The number of para-hydroxylation sites is 1. The second kappa shape index (κ2) is 9.15. The number of hydrogen-bond acceptors (Lipinski definition) is 4. The Morgan fingerprint density at radius 1 is 0.964 bits per heavy atom. The Hall–Kier alpha value is -3.18. The van der Waals surface area contributed by atoms with Crippen molar-refractivity contribution in [1.29, 1.82) is 0 Å². The summed E-state index contributed by atoms with van der Waals surface area (Å²) in [5.74, 6) is -0.115. The Kier molecular flexibility index (Phi) is 6.40. The van der Waals surface area contributed by atoms with E-state index in [2.05, 4.69) is 10.6 Å². The summed E-state index contributed by atoms with van der Waals surface area (Å²) in [5, 5.41) is 8.22. The van der Waals surface area contributed by atoms with Crippen LogP contribution in [0.4, 0.5) is 11.4 Å². The van der Waals surface area contributed by atoms with Gasteiger partial charge < -0.3 is 10.6 Å². The van der Waals surface area contributed by atoms with Gasteiger partial charge in [-0.3, -0.25) is 9.59 Å². The highest BCUT2D eigenvalue weighted by atomic mass is 32.1. The van der Waals surface area contributed by atoms with Crippen LogP contribution in [0.25, 0.3) is 5.70 Å². The average molecular weight is 391 g/mol. The van der Waals surface area contributed by atoms with Crippen molar-refractivity contribution in [3.63, 3.8) is 0 Å². The van der Waals surface area contributed by atoms with Gasteiger partial charge in [0, 0.05) is 33.6 Å². The molecule has 3 rings (SSSR count). The summed E-state index contributed by atoms with van der Waals surface area (Å²) in [6, 6.07) is 19.3. The zero-order valence-electron chi connectivity index (χ0n) is 15.9. The second-order valence-corrected chi connectivity index (χ2v) is 7.53. The third-order valence-corrected chi connectivity index (χ3v) is 5.00. The van der Waals surface area contributed by atoms with Gasteiger partial charge >= 0.3 is 0 Å². The molecule has 3 aromatic rings. The smallest absolute Gasteiger partial charge is 0.229 e. The fraction of sp³-hybridized carbons (Fsp3) is 0.130. The normalized spacial score (nSPS) is 11.1. The summed E-state index contributed by atoms with van der Waals surface area (Å²) in [6.07, 6.45) is 1.92. The van der Waals surface area contributed by atoms with Gasteiger partial charge in [-0.15, -0.1) is 11.3 Å². The highest BCUT2D eigenvalue weighted by Gasteiger charge is 2.11. The van der Waals surface area contributed by atoms with Crippen molar-refractivity contribution in [3.8, 4) is 0 Å². The van der Waals surface area contributed by atoms with Crippen molar-refractivity contribution in [2.45, 2.75) is 20.3 Å². The van der Waals surface area contributed by atoms with Gasteiger partial charge in [-0.1, -0.05) is 30.3 Å². The number of amides is 1. The molecule has 0 saturated heterocycles. The first-order valence-corrected chi connectivity index (χ1v) is 9.87. The van der Waals surface area contributed by atoms with Crippen LogP contribution < -0.4 is 10.6 Å². The number of nitrogens with one attached hydrogen (secondary N) is 2. The highest BCUT2D eigenvalue weighted by Crippen LogP contribution is 2.25. The highest BCUT2D eigenvalue weighted by molar-refractivity contribution is 7.10. The van der Waals surface area contributed by atoms with Crippen LogP contribution in [-0.4, -0.2) is 11.7 Å². The van der Waals surface area contributed by atoms with E-state index in [0.717, 1.165) is 21.7 Å². The molecule has 4 nitrogen and oxygen atoms in total. The monoisotopic (exact) mass is 390 g/mol. The quantitative estimate of drug-likeness (QED) is 0.540. The molecule has 0 spiro atoms. The van der Waals surface area contributed by atoms with Crippen molar-refractivity contribution in [1.82, 2.24) is 0 Å². The van der Waals surface area contributed by atoms with E-state index in [4.69, 9.17) is 0 Å². The van der Waals surface area contributed by atoms with Gasteiger partial charge in [0.15, 0.2) is 5.78 Å². The lowest BCUT2D eigenvalue weighted by molar-refractivity contribution is -0.115. The Labute approximate surface area is 168 Å². The third-order valence-electron chi connectivity index (χ3n) is 4.13. The molecule has 0 fully saturated rings. The van der Waals surface area contributed by atoms with E-state index < -0.39 is 0 Å². The van der Waals surface area contributed by atoms with Crippen molar-refractivity contribution < 1.29 is 9.59 Å². The number of benzene rings is 2. The number of allylic oxidation sites excluding steroid dienone is 1. The molecule has 0 aliphatic heterocycles. The van der Waals surface area contributed by atoms with Gasteiger partial charge in [0.1, 0.15) is 0 Å². The van der Waals surface area contributed by atoms with Crippen molar-refractivity contribution >= 4 is 40.1 Å². The van der Waals surface area contributed by atoms with Gasteiger partial charge in [0.25, 0.3) is 0 Å². The minimum absolute atomic E-state index is 0.0510. The SMILES string of the molecule is CC(=O)/C=C(/Nc1ccccc1)c1cc(NC(=O)Cc2cccs2)ccc1C. The van der Waals surface area contributed by atoms with Crippen LogP contribution in [0.3, 0.4) is 0 Å². The van der Waals surface area contributed by atoms with Crippen LogP contribution >= 0.6 is 11.3 Å². The number of carbonyl (C=O) groups is 2. The molecule has 0 saturated carbocycles. The number of rotatable bonds is 7. The van der Waals surface area contributed by atoms with Crippen molar-refractivity contribution in [2.75, 3.05) is 10.6 Å². The standard InChI is InChI=1S/C23H22N2O2S/c1-16-10-11-19(25-23(27)15-20-9-6-12-28-20)14-21(16)22(13-17(2)26)24-18-7-4-3-5-8-18/h3-14,24H,15H2,1-2H3,(H,25,27)/b22-13+. The van der Waals surface area contributed by atoms with Crippen molar-refractivity contribution in [3.05, 3.63) is 88.1 Å². The van der Waals surface area contributed by atoms with Crippen LogP contribution in [0.5, 0.6) is 0 Å². The lowest BCUT2D eigenvalue weighted by Crippen LogP contribution is -2.14. The van der Waals surface area contributed by atoms with E-state index in [9.17, 15) is 9.59 Å². The molecule has 0 radical (unpaired) electrons. The third kappa shape index (κ3) is 5.41. The molecule has 0 aliphatic rings. The van der Waals surface area contributed by atoms with Crippen LogP contribution in [0.2, 0.25) is 0 Å². The van der Waals surface area contributed by atoms with E-state index in [1.807, 2.05) is 73.0 Å². The molecule has 1 amide bonds. The molecule has 1 aromatic heterocycles. The van der Waals surface area contributed by atoms with Crippen LogP contribution in [0.15, 0.2) is 72.1 Å². The molecule has 5 heteroatoms. The Balaban J connectivity index is 1.85. The fourth-order valence-electron chi connectivity index (χ4n) is 2.83. The summed E-state index contributed by atoms with van der Waals surface area (Å²) < 4.78 is 0. The number of aryl methyl sites for hydroxylation is 1. The molecule has 2 N–H and O–H groups in total.